The van der Waals surface area contributed by atoms with Gasteiger partial charge in [-0.2, -0.15) is 4.31 Å². The number of likely N-dealkylation sites (tertiary alicyclic amines) is 1. The fourth-order valence-electron chi connectivity index (χ4n) is 3.11. The summed E-state index contributed by atoms with van der Waals surface area (Å²) in [4.78, 5) is 24.6. The van der Waals surface area contributed by atoms with Gasteiger partial charge in [-0.1, -0.05) is 6.92 Å². The molecule has 1 aliphatic heterocycles. The number of rotatable bonds is 5. The van der Waals surface area contributed by atoms with E-state index in [9.17, 15) is 18.0 Å². The third kappa shape index (κ3) is 3.55. The molecule has 2 fully saturated rings. The minimum absolute atomic E-state index is 0.0662. The summed E-state index contributed by atoms with van der Waals surface area (Å²) >= 11 is 0. The van der Waals surface area contributed by atoms with Crippen LogP contribution in [0.5, 0.6) is 0 Å². The lowest BCUT2D eigenvalue weighted by Gasteiger charge is -2.37. The van der Waals surface area contributed by atoms with Crippen molar-refractivity contribution in [3.05, 3.63) is 0 Å². The quantitative estimate of drug-likeness (QED) is 0.768. The van der Waals surface area contributed by atoms with E-state index < -0.39 is 21.9 Å². The van der Waals surface area contributed by atoms with Crippen molar-refractivity contribution in [1.82, 2.24) is 9.21 Å². The Balaban J connectivity index is 1.89. The molecule has 1 aliphatic carbocycles. The summed E-state index contributed by atoms with van der Waals surface area (Å²) in [6.07, 6.45) is 2.85. The fourth-order valence-corrected chi connectivity index (χ4v) is 4.33. The highest BCUT2D eigenvalue weighted by Crippen LogP contribution is 2.40. The fraction of sp³-hybridized carbons (Fsp3) is 0.846. The van der Waals surface area contributed by atoms with Crippen LogP contribution in [0.3, 0.4) is 0 Å². The largest absolute Gasteiger partial charge is 0.481 e. The summed E-state index contributed by atoms with van der Waals surface area (Å²) < 4.78 is 24.9. The summed E-state index contributed by atoms with van der Waals surface area (Å²) in [5, 5.41) is 8.86. The second kappa shape index (κ2) is 5.92. The normalized spacial score (nSPS) is 26.9. The highest BCUT2D eigenvalue weighted by atomic mass is 32.2. The Labute approximate surface area is 125 Å². The zero-order valence-electron chi connectivity index (χ0n) is 12.4. The molecular weight excluding hydrogens is 296 g/mol. The first-order valence-electron chi connectivity index (χ1n) is 7.24. The topological polar surface area (TPSA) is 95.0 Å². The number of carboxylic acids is 1. The molecule has 8 heteroatoms. The van der Waals surface area contributed by atoms with E-state index in [1.165, 1.54) is 10.6 Å². The van der Waals surface area contributed by atoms with Crippen molar-refractivity contribution in [3.63, 3.8) is 0 Å². The first-order valence-corrected chi connectivity index (χ1v) is 9.09. The van der Waals surface area contributed by atoms with Crippen LogP contribution in [0.1, 0.15) is 26.2 Å². The predicted molar refractivity (Wildman–Crippen MR) is 76.1 cm³/mol. The van der Waals surface area contributed by atoms with E-state index in [2.05, 4.69) is 0 Å². The Kier molecular flexibility index (Phi) is 4.57. The minimum Gasteiger partial charge on any atom is -0.481 e. The number of sulfonamides is 1. The van der Waals surface area contributed by atoms with Crippen LogP contribution in [0.15, 0.2) is 0 Å². The van der Waals surface area contributed by atoms with Crippen molar-refractivity contribution >= 4 is 21.9 Å². The summed E-state index contributed by atoms with van der Waals surface area (Å²) in [5.74, 6) is -1.91. The van der Waals surface area contributed by atoms with Crippen molar-refractivity contribution in [2.24, 2.45) is 11.8 Å². The molecule has 7 nitrogen and oxygen atoms in total. The third-order valence-electron chi connectivity index (χ3n) is 4.35. The molecule has 0 bridgehead atoms. The van der Waals surface area contributed by atoms with Gasteiger partial charge in [-0.25, -0.2) is 8.42 Å². The van der Waals surface area contributed by atoms with Gasteiger partial charge in [0.25, 0.3) is 0 Å². The lowest BCUT2D eigenvalue weighted by atomic mass is 10.0. The number of nitrogens with zero attached hydrogens (tertiary/aromatic N) is 2. The van der Waals surface area contributed by atoms with E-state index >= 15 is 0 Å². The molecule has 0 aromatic heterocycles. The number of amides is 1. The number of carbonyl (C=O) groups is 2. The first-order chi connectivity index (χ1) is 9.75. The lowest BCUT2D eigenvalue weighted by Crippen LogP contribution is -2.48. The number of carbonyl (C=O) groups excluding carboxylic acids is 1. The second-order valence-electron chi connectivity index (χ2n) is 5.81. The Hall–Kier alpha value is -1.15. The van der Waals surface area contributed by atoms with Gasteiger partial charge < -0.3 is 10.0 Å². The number of hydrogen-bond donors (Lipinski definition) is 1. The van der Waals surface area contributed by atoms with E-state index in [1.54, 1.807) is 11.8 Å². The van der Waals surface area contributed by atoms with Crippen molar-refractivity contribution < 1.29 is 23.1 Å². The lowest BCUT2D eigenvalue weighted by molar-refractivity contribution is -0.142. The van der Waals surface area contributed by atoms with Crippen LogP contribution >= 0.6 is 0 Å². The van der Waals surface area contributed by atoms with Crippen LogP contribution in [0.4, 0.5) is 0 Å². The van der Waals surface area contributed by atoms with Gasteiger partial charge in [-0.15, -0.1) is 0 Å². The van der Waals surface area contributed by atoms with Crippen LogP contribution in [-0.2, 0) is 19.6 Å². The Bertz CT molecular complexity index is 525. The Morgan fingerprint density at radius 2 is 1.81 bits per heavy atom. The molecule has 0 radical (unpaired) electrons. The predicted octanol–water partition coefficient (Wildman–Crippen LogP) is -0.0204. The average molecular weight is 318 g/mol. The van der Waals surface area contributed by atoms with Gasteiger partial charge in [0.15, 0.2) is 0 Å². The second-order valence-corrected chi connectivity index (χ2v) is 7.74. The van der Waals surface area contributed by atoms with Crippen LogP contribution in [0.2, 0.25) is 0 Å². The van der Waals surface area contributed by atoms with E-state index in [1.807, 2.05) is 0 Å². The maximum Gasteiger partial charge on any atom is 0.307 e. The molecule has 1 heterocycles. The SMILES string of the molecule is CCN(C1CCN(C(=O)[C@@H]2C[C@@H]2C(=O)O)CC1)S(C)(=O)=O. The summed E-state index contributed by atoms with van der Waals surface area (Å²) in [7, 11) is -3.22. The van der Waals surface area contributed by atoms with Gasteiger partial charge >= 0.3 is 5.97 Å². The monoisotopic (exact) mass is 318 g/mol. The van der Waals surface area contributed by atoms with Crippen LogP contribution in [-0.4, -0.2) is 66.5 Å². The molecule has 1 N–H and O–H groups in total. The standard InChI is InChI=1S/C13H22N2O5S/c1-3-15(21(2,19)20)9-4-6-14(7-5-9)12(16)10-8-11(10)13(17)18/h9-11H,3-8H2,1-2H3,(H,17,18)/t10-,11+/m1/s1. The molecule has 1 saturated carbocycles. The van der Waals surface area contributed by atoms with Crippen LogP contribution in [0.25, 0.3) is 0 Å². The maximum absolute atomic E-state index is 12.1. The Morgan fingerprint density at radius 1 is 1.24 bits per heavy atom. The highest BCUT2D eigenvalue weighted by Gasteiger charge is 2.50. The summed E-state index contributed by atoms with van der Waals surface area (Å²) in [6, 6.07) is -0.0662. The van der Waals surface area contributed by atoms with Gasteiger partial charge in [0.1, 0.15) is 0 Å². The van der Waals surface area contributed by atoms with Gasteiger partial charge in [0.05, 0.1) is 18.1 Å². The van der Waals surface area contributed by atoms with Gasteiger partial charge in [-0.05, 0) is 19.3 Å². The number of hydrogen-bond acceptors (Lipinski definition) is 4. The zero-order chi connectivity index (χ0) is 15.8. The van der Waals surface area contributed by atoms with E-state index in [-0.39, 0.29) is 17.9 Å². The third-order valence-corrected chi connectivity index (χ3v) is 5.75. The Morgan fingerprint density at radius 3 is 2.19 bits per heavy atom. The molecule has 2 aliphatic rings. The number of carboxylic acid groups (broad SMARTS) is 1. The molecule has 1 amide bonds. The van der Waals surface area contributed by atoms with Crippen LogP contribution < -0.4 is 0 Å². The molecule has 1 saturated heterocycles. The molecule has 120 valence electrons. The van der Waals surface area contributed by atoms with Crippen molar-refractivity contribution in [1.29, 1.82) is 0 Å². The maximum atomic E-state index is 12.1. The minimum atomic E-state index is -3.22. The molecule has 21 heavy (non-hydrogen) atoms. The van der Waals surface area contributed by atoms with Crippen molar-refractivity contribution in [2.45, 2.75) is 32.2 Å². The smallest absolute Gasteiger partial charge is 0.307 e. The first kappa shape index (κ1) is 16.2. The molecule has 0 spiro atoms. The van der Waals surface area contributed by atoms with Crippen LogP contribution in [0, 0.1) is 11.8 Å². The molecule has 0 unspecified atom stereocenters. The van der Waals surface area contributed by atoms with Crippen molar-refractivity contribution in [2.75, 3.05) is 25.9 Å². The van der Waals surface area contributed by atoms with Gasteiger partial charge in [-0.3, -0.25) is 9.59 Å². The summed E-state index contributed by atoms with van der Waals surface area (Å²) in [5.41, 5.74) is 0. The molecular formula is C13H22N2O5S. The van der Waals surface area contributed by atoms with Gasteiger partial charge in [0, 0.05) is 25.7 Å². The summed E-state index contributed by atoms with van der Waals surface area (Å²) in [6.45, 7) is 3.23. The highest BCUT2D eigenvalue weighted by molar-refractivity contribution is 7.88. The molecule has 0 aromatic carbocycles. The number of piperidine rings is 1. The molecule has 0 aromatic rings. The average Bonchev–Trinajstić information content (AvgIpc) is 3.18. The molecule has 2 atom stereocenters. The zero-order valence-corrected chi connectivity index (χ0v) is 13.2. The van der Waals surface area contributed by atoms with E-state index in [4.69, 9.17) is 5.11 Å². The number of aliphatic carboxylic acids is 1. The van der Waals surface area contributed by atoms with E-state index in [0.717, 1.165) is 0 Å². The van der Waals surface area contributed by atoms with E-state index in [0.29, 0.717) is 38.9 Å². The molecule has 2 rings (SSSR count). The van der Waals surface area contributed by atoms with Gasteiger partial charge in [0.2, 0.25) is 15.9 Å². The van der Waals surface area contributed by atoms with Crippen molar-refractivity contribution in [3.8, 4) is 0 Å².